The van der Waals surface area contributed by atoms with Crippen LogP contribution in [0.15, 0.2) is 24.4 Å². The van der Waals surface area contributed by atoms with E-state index >= 15 is 0 Å². The molecule has 1 aromatic rings. The summed E-state index contributed by atoms with van der Waals surface area (Å²) in [5, 5.41) is 0. The zero-order valence-corrected chi connectivity index (χ0v) is 12.8. The van der Waals surface area contributed by atoms with Crippen LogP contribution in [0.3, 0.4) is 0 Å². The van der Waals surface area contributed by atoms with Gasteiger partial charge < -0.3 is 8.85 Å². The summed E-state index contributed by atoms with van der Waals surface area (Å²) in [4.78, 5) is 4.35. The lowest BCUT2D eigenvalue weighted by molar-refractivity contribution is 0.183. The number of hydrogen-bond donors (Lipinski definition) is 0. The van der Waals surface area contributed by atoms with E-state index in [9.17, 15) is 0 Å². The van der Waals surface area contributed by atoms with E-state index in [2.05, 4.69) is 31.8 Å². The van der Waals surface area contributed by atoms with Crippen LogP contribution in [0.1, 0.15) is 32.9 Å². The van der Waals surface area contributed by atoms with E-state index in [0.29, 0.717) is 0 Å². The van der Waals surface area contributed by atoms with E-state index in [1.165, 1.54) is 0 Å². The Hall–Kier alpha value is -0.713. The Balaban J connectivity index is 2.46. The van der Waals surface area contributed by atoms with Gasteiger partial charge in [-0.2, -0.15) is 0 Å². The molecule has 0 bridgehead atoms. The molecule has 102 valence electrons. The summed E-state index contributed by atoms with van der Waals surface area (Å²) < 4.78 is 11.9. The molecule has 4 heteroatoms. The van der Waals surface area contributed by atoms with Crippen molar-refractivity contribution in [2.45, 2.75) is 45.7 Å². The first-order valence-corrected chi connectivity index (χ1v) is 9.17. The average Bonchev–Trinajstić information content (AvgIpc) is 2.40. The van der Waals surface area contributed by atoms with Crippen molar-refractivity contribution in [3.05, 3.63) is 30.1 Å². The summed E-state index contributed by atoms with van der Waals surface area (Å²) >= 11 is 0. The summed E-state index contributed by atoms with van der Waals surface area (Å²) in [7, 11) is -1.95. The fraction of sp³-hybridized carbons (Fsp3) is 0.643. The Morgan fingerprint density at radius 1 is 1.11 bits per heavy atom. The Morgan fingerprint density at radius 3 is 2.33 bits per heavy atom. The molecule has 1 heterocycles. The molecule has 0 aliphatic heterocycles. The zero-order valence-electron chi connectivity index (χ0n) is 11.8. The van der Waals surface area contributed by atoms with Crippen molar-refractivity contribution < 1.29 is 8.85 Å². The summed E-state index contributed by atoms with van der Waals surface area (Å²) in [5.41, 5.74) is 1.16. The van der Waals surface area contributed by atoms with Crippen molar-refractivity contribution in [1.29, 1.82) is 0 Å². The first-order chi connectivity index (χ1) is 8.76. The van der Waals surface area contributed by atoms with Gasteiger partial charge in [-0.15, -0.1) is 0 Å². The third-order valence-electron chi connectivity index (χ3n) is 3.07. The molecule has 0 atom stereocenters. The molecule has 0 unspecified atom stereocenters. The quantitative estimate of drug-likeness (QED) is 0.641. The van der Waals surface area contributed by atoms with Crippen LogP contribution in [0.25, 0.3) is 0 Å². The van der Waals surface area contributed by atoms with Gasteiger partial charge in [-0.05, 0) is 50.9 Å². The van der Waals surface area contributed by atoms with E-state index in [0.717, 1.165) is 43.8 Å². The summed E-state index contributed by atoms with van der Waals surface area (Å²) in [6.45, 7) is 7.79. The maximum Gasteiger partial charge on any atom is 0.337 e. The molecule has 0 fully saturated rings. The van der Waals surface area contributed by atoms with Gasteiger partial charge in [-0.3, -0.25) is 4.98 Å². The van der Waals surface area contributed by atoms with E-state index < -0.39 is 8.56 Å². The summed E-state index contributed by atoms with van der Waals surface area (Å²) in [6, 6.07) is 8.15. The van der Waals surface area contributed by atoms with Crippen LogP contribution >= 0.6 is 0 Å². The van der Waals surface area contributed by atoms with Gasteiger partial charge in [-0.1, -0.05) is 13.0 Å². The highest BCUT2D eigenvalue weighted by Crippen LogP contribution is 2.21. The maximum absolute atomic E-state index is 5.95. The number of pyridine rings is 1. The Kier molecular flexibility index (Phi) is 7.16. The third-order valence-corrected chi connectivity index (χ3v) is 6.89. The summed E-state index contributed by atoms with van der Waals surface area (Å²) in [6.07, 6.45) is 3.96. The second kappa shape index (κ2) is 8.40. The van der Waals surface area contributed by atoms with Crippen LogP contribution < -0.4 is 0 Å². The standard InChI is InChI=1S/C14H25NO2Si/c1-4-16-18(6-3,17-5-2)13-9-11-14-10-7-8-12-15-14/h7-8,10,12H,4-6,9,11,13H2,1-3H3. The lowest BCUT2D eigenvalue weighted by atomic mass is 10.2. The van der Waals surface area contributed by atoms with Gasteiger partial charge in [0.2, 0.25) is 0 Å². The molecule has 0 spiro atoms. The van der Waals surface area contributed by atoms with Crippen LogP contribution in [-0.4, -0.2) is 26.8 Å². The predicted molar refractivity (Wildman–Crippen MR) is 76.9 cm³/mol. The third kappa shape index (κ3) is 4.88. The maximum atomic E-state index is 5.95. The minimum Gasteiger partial charge on any atom is -0.394 e. The van der Waals surface area contributed by atoms with Crippen LogP contribution in [0, 0.1) is 0 Å². The van der Waals surface area contributed by atoms with E-state index in [1.54, 1.807) is 0 Å². The molecule has 1 aromatic heterocycles. The molecule has 0 amide bonds. The number of nitrogens with zero attached hydrogens (tertiary/aromatic N) is 1. The van der Waals surface area contributed by atoms with Crippen molar-refractivity contribution >= 4 is 8.56 Å². The number of hydrogen-bond acceptors (Lipinski definition) is 3. The lowest BCUT2D eigenvalue weighted by Crippen LogP contribution is -2.41. The SMILES string of the molecule is CCO[Si](CC)(CCCc1ccccn1)OCC. The Morgan fingerprint density at radius 2 is 1.83 bits per heavy atom. The number of aryl methyl sites for hydroxylation is 1. The molecule has 0 saturated heterocycles. The van der Waals surface area contributed by atoms with Crippen molar-refractivity contribution in [3.8, 4) is 0 Å². The molecule has 0 radical (unpaired) electrons. The minimum absolute atomic E-state index is 0.754. The Bertz CT molecular complexity index is 313. The fourth-order valence-corrected chi connectivity index (χ4v) is 5.08. The van der Waals surface area contributed by atoms with Crippen LogP contribution in [0.4, 0.5) is 0 Å². The van der Waals surface area contributed by atoms with Crippen LogP contribution in [0.2, 0.25) is 12.1 Å². The zero-order chi connectivity index (χ0) is 13.3. The molecule has 1 rings (SSSR count). The Labute approximate surface area is 112 Å². The monoisotopic (exact) mass is 267 g/mol. The lowest BCUT2D eigenvalue weighted by Gasteiger charge is -2.28. The van der Waals surface area contributed by atoms with Gasteiger partial charge in [0, 0.05) is 25.1 Å². The summed E-state index contributed by atoms with van der Waals surface area (Å²) in [5.74, 6) is 0. The molecule has 0 aliphatic carbocycles. The molecule has 0 aliphatic rings. The van der Waals surface area contributed by atoms with Gasteiger partial charge >= 0.3 is 8.56 Å². The van der Waals surface area contributed by atoms with Crippen molar-refractivity contribution in [2.75, 3.05) is 13.2 Å². The minimum atomic E-state index is -1.95. The van der Waals surface area contributed by atoms with E-state index in [-0.39, 0.29) is 0 Å². The second-order valence-electron chi connectivity index (χ2n) is 4.30. The molecule has 0 N–H and O–H groups in total. The van der Waals surface area contributed by atoms with Crippen molar-refractivity contribution in [2.24, 2.45) is 0 Å². The van der Waals surface area contributed by atoms with Crippen molar-refractivity contribution in [1.82, 2.24) is 4.98 Å². The highest BCUT2D eigenvalue weighted by atomic mass is 28.4. The van der Waals surface area contributed by atoms with Gasteiger partial charge in [0.1, 0.15) is 0 Å². The van der Waals surface area contributed by atoms with Crippen molar-refractivity contribution in [3.63, 3.8) is 0 Å². The van der Waals surface area contributed by atoms with Gasteiger partial charge in [-0.25, -0.2) is 0 Å². The van der Waals surface area contributed by atoms with E-state index in [4.69, 9.17) is 8.85 Å². The molecular weight excluding hydrogens is 242 g/mol. The number of aromatic nitrogens is 1. The number of rotatable bonds is 9. The molecular formula is C14H25NO2Si. The average molecular weight is 267 g/mol. The highest BCUT2D eigenvalue weighted by molar-refractivity contribution is 6.67. The predicted octanol–water partition coefficient (Wildman–Crippen LogP) is 3.55. The largest absolute Gasteiger partial charge is 0.394 e. The first kappa shape index (κ1) is 15.3. The van der Waals surface area contributed by atoms with E-state index in [1.807, 2.05) is 18.3 Å². The second-order valence-corrected chi connectivity index (χ2v) is 7.91. The fourth-order valence-electron chi connectivity index (χ4n) is 2.18. The van der Waals surface area contributed by atoms with Gasteiger partial charge in [0.25, 0.3) is 0 Å². The van der Waals surface area contributed by atoms with Crippen LogP contribution in [0.5, 0.6) is 0 Å². The highest BCUT2D eigenvalue weighted by Gasteiger charge is 2.34. The first-order valence-electron chi connectivity index (χ1n) is 6.94. The molecule has 0 saturated carbocycles. The van der Waals surface area contributed by atoms with Gasteiger partial charge in [0.15, 0.2) is 0 Å². The molecule has 18 heavy (non-hydrogen) atoms. The molecule has 3 nitrogen and oxygen atoms in total. The molecule has 0 aromatic carbocycles. The smallest absolute Gasteiger partial charge is 0.337 e. The van der Waals surface area contributed by atoms with Gasteiger partial charge in [0.05, 0.1) is 0 Å². The normalized spacial score (nSPS) is 11.7. The van der Waals surface area contributed by atoms with Crippen LogP contribution in [-0.2, 0) is 15.3 Å². The topological polar surface area (TPSA) is 31.4 Å².